The Balaban J connectivity index is 2.27. The SMILES string of the molecule is CC(C)CNCC(C)(O)c1cccc2ncccc12. The van der Waals surface area contributed by atoms with Gasteiger partial charge in [-0.25, -0.2) is 0 Å². The molecule has 2 rings (SSSR count). The Hall–Kier alpha value is -1.45. The molecule has 0 radical (unpaired) electrons. The lowest BCUT2D eigenvalue weighted by molar-refractivity contribution is 0.0579. The van der Waals surface area contributed by atoms with Crippen molar-refractivity contribution in [3.8, 4) is 0 Å². The van der Waals surface area contributed by atoms with E-state index in [0.717, 1.165) is 23.0 Å². The van der Waals surface area contributed by atoms with Crippen LogP contribution in [-0.4, -0.2) is 23.2 Å². The zero-order chi connectivity index (χ0) is 13.9. The minimum absolute atomic E-state index is 0.541. The maximum atomic E-state index is 10.7. The van der Waals surface area contributed by atoms with Crippen LogP contribution in [0.15, 0.2) is 36.5 Å². The molecule has 2 N–H and O–H groups in total. The van der Waals surface area contributed by atoms with Gasteiger partial charge in [-0.2, -0.15) is 0 Å². The minimum atomic E-state index is -0.891. The van der Waals surface area contributed by atoms with E-state index in [1.807, 2.05) is 37.3 Å². The van der Waals surface area contributed by atoms with E-state index in [-0.39, 0.29) is 0 Å². The molecule has 0 aliphatic heterocycles. The molecule has 1 unspecified atom stereocenters. The van der Waals surface area contributed by atoms with E-state index in [2.05, 4.69) is 24.1 Å². The summed E-state index contributed by atoms with van der Waals surface area (Å²) in [6.45, 7) is 7.60. The van der Waals surface area contributed by atoms with E-state index in [1.165, 1.54) is 0 Å². The molecule has 0 aliphatic rings. The fourth-order valence-corrected chi connectivity index (χ4v) is 2.27. The first-order valence-electron chi connectivity index (χ1n) is 6.78. The van der Waals surface area contributed by atoms with Crippen molar-refractivity contribution in [2.45, 2.75) is 26.4 Å². The van der Waals surface area contributed by atoms with Crippen LogP contribution in [0.4, 0.5) is 0 Å². The Bertz CT molecular complexity index is 544. The number of hydrogen-bond acceptors (Lipinski definition) is 3. The van der Waals surface area contributed by atoms with Crippen LogP contribution in [-0.2, 0) is 5.60 Å². The molecule has 102 valence electrons. The van der Waals surface area contributed by atoms with E-state index >= 15 is 0 Å². The van der Waals surface area contributed by atoms with Gasteiger partial charge in [0.2, 0.25) is 0 Å². The second kappa shape index (κ2) is 5.68. The molecular formula is C16H22N2O. The maximum Gasteiger partial charge on any atom is 0.0998 e. The van der Waals surface area contributed by atoms with Gasteiger partial charge in [0.25, 0.3) is 0 Å². The zero-order valence-corrected chi connectivity index (χ0v) is 11.9. The second-order valence-electron chi connectivity index (χ2n) is 5.67. The van der Waals surface area contributed by atoms with Crippen molar-refractivity contribution in [3.05, 3.63) is 42.1 Å². The van der Waals surface area contributed by atoms with Gasteiger partial charge in [0, 0.05) is 18.1 Å². The summed E-state index contributed by atoms with van der Waals surface area (Å²) in [6, 6.07) is 9.80. The normalized spacial score (nSPS) is 14.8. The van der Waals surface area contributed by atoms with Gasteiger partial charge in [-0.3, -0.25) is 4.98 Å². The molecular weight excluding hydrogens is 236 g/mol. The highest BCUT2D eigenvalue weighted by molar-refractivity contribution is 5.82. The van der Waals surface area contributed by atoms with Crippen molar-refractivity contribution in [1.29, 1.82) is 0 Å². The van der Waals surface area contributed by atoms with E-state index < -0.39 is 5.60 Å². The Morgan fingerprint density at radius 3 is 2.79 bits per heavy atom. The molecule has 0 saturated heterocycles. The van der Waals surface area contributed by atoms with Gasteiger partial charge in [-0.05, 0) is 37.1 Å². The van der Waals surface area contributed by atoms with Gasteiger partial charge >= 0.3 is 0 Å². The van der Waals surface area contributed by atoms with Crippen molar-refractivity contribution >= 4 is 10.9 Å². The highest BCUT2D eigenvalue weighted by atomic mass is 16.3. The number of aromatic nitrogens is 1. The molecule has 1 aromatic carbocycles. The molecule has 1 heterocycles. The summed E-state index contributed by atoms with van der Waals surface area (Å²) >= 11 is 0. The maximum absolute atomic E-state index is 10.7. The van der Waals surface area contributed by atoms with Gasteiger partial charge in [0.05, 0.1) is 11.1 Å². The fourth-order valence-electron chi connectivity index (χ4n) is 2.27. The van der Waals surface area contributed by atoms with Crippen molar-refractivity contribution in [2.75, 3.05) is 13.1 Å². The third-order valence-corrected chi connectivity index (χ3v) is 3.25. The number of hydrogen-bond donors (Lipinski definition) is 2. The summed E-state index contributed by atoms with van der Waals surface area (Å²) in [5.41, 5.74) is 0.954. The predicted octanol–water partition coefficient (Wildman–Crippen LogP) is 2.69. The highest BCUT2D eigenvalue weighted by Crippen LogP contribution is 2.27. The molecule has 0 spiro atoms. The number of pyridine rings is 1. The van der Waals surface area contributed by atoms with Crippen LogP contribution < -0.4 is 5.32 Å². The molecule has 2 aromatic rings. The van der Waals surface area contributed by atoms with Gasteiger partial charge in [0.15, 0.2) is 0 Å². The minimum Gasteiger partial charge on any atom is -0.384 e. The van der Waals surface area contributed by atoms with Crippen LogP contribution in [0.2, 0.25) is 0 Å². The van der Waals surface area contributed by atoms with Crippen LogP contribution in [0, 0.1) is 5.92 Å². The third kappa shape index (κ3) is 3.31. The van der Waals surface area contributed by atoms with Gasteiger partial charge in [-0.15, -0.1) is 0 Å². The Morgan fingerprint density at radius 1 is 1.26 bits per heavy atom. The second-order valence-corrected chi connectivity index (χ2v) is 5.67. The first-order valence-corrected chi connectivity index (χ1v) is 6.78. The van der Waals surface area contributed by atoms with E-state index in [9.17, 15) is 5.11 Å². The summed E-state index contributed by atoms with van der Waals surface area (Å²) in [5.74, 6) is 0.574. The van der Waals surface area contributed by atoms with Crippen molar-refractivity contribution in [3.63, 3.8) is 0 Å². The lowest BCUT2D eigenvalue weighted by Crippen LogP contribution is -2.37. The van der Waals surface area contributed by atoms with E-state index in [4.69, 9.17) is 0 Å². The van der Waals surface area contributed by atoms with Crippen molar-refractivity contribution in [2.24, 2.45) is 5.92 Å². The molecule has 0 amide bonds. The van der Waals surface area contributed by atoms with Gasteiger partial charge in [-0.1, -0.05) is 32.0 Å². The van der Waals surface area contributed by atoms with Crippen LogP contribution in [0.1, 0.15) is 26.3 Å². The highest BCUT2D eigenvalue weighted by Gasteiger charge is 2.24. The fraction of sp³-hybridized carbons (Fsp3) is 0.438. The summed E-state index contributed by atoms with van der Waals surface area (Å²) in [7, 11) is 0. The quantitative estimate of drug-likeness (QED) is 0.866. The predicted molar refractivity (Wildman–Crippen MR) is 79.0 cm³/mol. The molecule has 0 fully saturated rings. The molecule has 3 nitrogen and oxygen atoms in total. The Labute approximate surface area is 114 Å². The lowest BCUT2D eigenvalue weighted by Gasteiger charge is -2.26. The summed E-state index contributed by atoms with van der Waals surface area (Å²) in [4.78, 5) is 4.33. The standard InChI is InChI=1S/C16H22N2O/c1-12(2)10-17-11-16(3,19)14-7-4-8-15-13(14)6-5-9-18-15/h4-9,12,17,19H,10-11H2,1-3H3. The molecule has 0 bridgehead atoms. The number of aliphatic hydroxyl groups is 1. The number of benzene rings is 1. The molecule has 3 heteroatoms. The number of nitrogens with zero attached hydrogens (tertiary/aromatic N) is 1. The van der Waals surface area contributed by atoms with Crippen LogP contribution in [0.3, 0.4) is 0 Å². The monoisotopic (exact) mass is 258 g/mol. The first-order chi connectivity index (χ1) is 9.00. The van der Waals surface area contributed by atoms with Gasteiger partial charge < -0.3 is 10.4 Å². The van der Waals surface area contributed by atoms with Crippen LogP contribution in [0.5, 0.6) is 0 Å². The van der Waals surface area contributed by atoms with E-state index in [0.29, 0.717) is 12.5 Å². The molecule has 0 aliphatic carbocycles. The Kier molecular flexibility index (Phi) is 4.17. The summed E-state index contributed by atoms with van der Waals surface area (Å²) in [6.07, 6.45) is 1.78. The van der Waals surface area contributed by atoms with Crippen LogP contribution in [0.25, 0.3) is 10.9 Å². The third-order valence-electron chi connectivity index (χ3n) is 3.25. The lowest BCUT2D eigenvalue weighted by atomic mass is 9.92. The molecule has 1 atom stereocenters. The Morgan fingerprint density at radius 2 is 2.05 bits per heavy atom. The van der Waals surface area contributed by atoms with Crippen molar-refractivity contribution in [1.82, 2.24) is 10.3 Å². The number of nitrogens with one attached hydrogen (secondary N) is 1. The smallest absolute Gasteiger partial charge is 0.0998 e. The van der Waals surface area contributed by atoms with Crippen molar-refractivity contribution < 1.29 is 5.11 Å². The van der Waals surface area contributed by atoms with Crippen LogP contribution >= 0.6 is 0 Å². The number of rotatable bonds is 5. The zero-order valence-electron chi connectivity index (χ0n) is 11.9. The average Bonchev–Trinajstić information content (AvgIpc) is 2.37. The van der Waals surface area contributed by atoms with E-state index in [1.54, 1.807) is 6.20 Å². The summed E-state index contributed by atoms with van der Waals surface area (Å²) < 4.78 is 0. The largest absolute Gasteiger partial charge is 0.384 e. The average molecular weight is 258 g/mol. The molecule has 0 saturated carbocycles. The molecule has 19 heavy (non-hydrogen) atoms. The van der Waals surface area contributed by atoms with Gasteiger partial charge in [0.1, 0.15) is 0 Å². The number of fused-ring (bicyclic) bond motifs is 1. The molecule has 1 aromatic heterocycles. The first kappa shape index (κ1) is 14.0. The topological polar surface area (TPSA) is 45.1 Å². The summed E-state index contributed by atoms with van der Waals surface area (Å²) in [5, 5.41) is 15.0.